The van der Waals surface area contributed by atoms with Crippen LogP contribution in [-0.2, 0) is 5.41 Å². The normalized spacial score (nSPS) is 11.1. The summed E-state index contributed by atoms with van der Waals surface area (Å²) in [6, 6.07) is 9.29. The van der Waals surface area contributed by atoms with E-state index in [0.717, 1.165) is 5.56 Å². The van der Waals surface area contributed by atoms with Crippen molar-refractivity contribution in [2.45, 2.75) is 26.2 Å². The molecule has 2 N–H and O–H groups in total. The Kier molecular flexibility index (Phi) is 5.20. The molecule has 0 saturated carbocycles. The molecule has 7 heteroatoms. The van der Waals surface area contributed by atoms with Gasteiger partial charge in [0, 0.05) is 25.7 Å². The molecule has 0 aliphatic heterocycles. The minimum atomic E-state index is -0.528. The highest BCUT2D eigenvalue weighted by Gasteiger charge is 2.20. The fraction of sp³-hybridized carbons (Fsp3) is 0.316. The van der Waals surface area contributed by atoms with Crippen LogP contribution in [0.3, 0.4) is 0 Å². The number of nitro benzene ring substituents is 1. The Labute approximate surface area is 152 Å². The quantitative estimate of drug-likeness (QED) is 0.491. The minimum absolute atomic E-state index is 0.0641. The lowest BCUT2D eigenvalue weighted by molar-refractivity contribution is -0.384. The molecule has 0 heterocycles. The van der Waals surface area contributed by atoms with Gasteiger partial charge in [-0.15, -0.1) is 0 Å². The second-order valence-corrected chi connectivity index (χ2v) is 7.29. The molecule has 0 unspecified atom stereocenters. The monoisotopic (exact) mass is 357 g/mol. The van der Waals surface area contributed by atoms with Gasteiger partial charge in [-0.2, -0.15) is 0 Å². The van der Waals surface area contributed by atoms with Crippen LogP contribution in [-0.4, -0.2) is 30.0 Å². The van der Waals surface area contributed by atoms with E-state index >= 15 is 0 Å². The molecule has 26 heavy (non-hydrogen) atoms. The van der Waals surface area contributed by atoms with E-state index in [4.69, 9.17) is 0 Å². The molecule has 0 aromatic heterocycles. The number of anilines is 2. The van der Waals surface area contributed by atoms with Gasteiger partial charge in [0.15, 0.2) is 0 Å². The van der Waals surface area contributed by atoms with Crippen LogP contribution in [0, 0.1) is 10.1 Å². The topological polar surface area (TPSA) is 95.7 Å². The molecule has 0 spiro atoms. The summed E-state index contributed by atoms with van der Waals surface area (Å²) in [5.74, 6) is -0.592. The number of hydrogen-bond acceptors (Lipinski definition) is 5. The maximum Gasteiger partial charge on any atom is 0.293 e. The first-order chi connectivity index (χ1) is 12.0. The van der Waals surface area contributed by atoms with E-state index in [1.54, 1.807) is 31.1 Å². The standard InChI is InChI=1S/C19H23N3O4/c1-19(2,3)13-7-9-17(23)14(11-13)20-18(24)12-6-8-15(21(4)5)16(10-12)22(25)26/h6-11,23H,1-5H3,(H,20,24). The maximum atomic E-state index is 12.5. The molecular formula is C19H23N3O4. The number of phenols is 1. The van der Waals surface area contributed by atoms with Crippen molar-refractivity contribution in [3.05, 3.63) is 57.6 Å². The van der Waals surface area contributed by atoms with E-state index in [1.807, 2.05) is 20.8 Å². The molecule has 0 saturated heterocycles. The summed E-state index contributed by atoms with van der Waals surface area (Å²) in [5.41, 5.74) is 1.45. The number of benzene rings is 2. The summed E-state index contributed by atoms with van der Waals surface area (Å²) in [6.45, 7) is 6.07. The molecule has 138 valence electrons. The molecule has 0 aliphatic rings. The zero-order valence-corrected chi connectivity index (χ0v) is 15.5. The molecule has 7 nitrogen and oxygen atoms in total. The van der Waals surface area contributed by atoms with Gasteiger partial charge in [-0.25, -0.2) is 0 Å². The Hall–Kier alpha value is -3.09. The first kappa shape index (κ1) is 19.2. The lowest BCUT2D eigenvalue weighted by Gasteiger charge is -2.20. The highest BCUT2D eigenvalue weighted by Crippen LogP contribution is 2.32. The minimum Gasteiger partial charge on any atom is -0.506 e. The van der Waals surface area contributed by atoms with Crippen LogP contribution in [0.1, 0.15) is 36.7 Å². The van der Waals surface area contributed by atoms with Gasteiger partial charge in [0.1, 0.15) is 11.4 Å². The highest BCUT2D eigenvalue weighted by atomic mass is 16.6. The van der Waals surface area contributed by atoms with Crippen molar-refractivity contribution in [3.63, 3.8) is 0 Å². The number of rotatable bonds is 4. The summed E-state index contributed by atoms with van der Waals surface area (Å²) in [6.07, 6.45) is 0. The fourth-order valence-corrected chi connectivity index (χ4v) is 2.49. The van der Waals surface area contributed by atoms with Gasteiger partial charge in [0.2, 0.25) is 0 Å². The van der Waals surface area contributed by atoms with Crippen LogP contribution >= 0.6 is 0 Å². The molecule has 2 aromatic rings. The number of aromatic hydroxyl groups is 1. The van der Waals surface area contributed by atoms with Crippen molar-refractivity contribution >= 4 is 23.0 Å². The van der Waals surface area contributed by atoms with E-state index in [2.05, 4.69) is 5.32 Å². The Morgan fingerprint density at radius 2 is 1.81 bits per heavy atom. The van der Waals surface area contributed by atoms with Gasteiger partial charge in [0.25, 0.3) is 11.6 Å². The lowest BCUT2D eigenvalue weighted by Crippen LogP contribution is -2.16. The van der Waals surface area contributed by atoms with Gasteiger partial charge in [-0.05, 0) is 35.2 Å². The van der Waals surface area contributed by atoms with Crippen molar-refractivity contribution in [1.29, 1.82) is 0 Å². The highest BCUT2D eigenvalue weighted by molar-refractivity contribution is 6.05. The van der Waals surface area contributed by atoms with Crippen LogP contribution in [0.4, 0.5) is 17.1 Å². The van der Waals surface area contributed by atoms with E-state index in [0.29, 0.717) is 5.69 Å². The third-order valence-electron chi connectivity index (χ3n) is 4.03. The molecular weight excluding hydrogens is 334 g/mol. The number of amides is 1. The van der Waals surface area contributed by atoms with Crippen molar-refractivity contribution in [3.8, 4) is 5.75 Å². The summed E-state index contributed by atoms with van der Waals surface area (Å²) in [4.78, 5) is 24.9. The predicted molar refractivity (Wildman–Crippen MR) is 102 cm³/mol. The average molecular weight is 357 g/mol. The average Bonchev–Trinajstić information content (AvgIpc) is 2.54. The van der Waals surface area contributed by atoms with E-state index in [9.17, 15) is 20.0 Å². The van der Waals surface area contributed by atoms with E-state index in [1.165, 1.54) is 24.3 Å². The molecule has 0 radical (unpaired) electrons. The van der Waals surface area contributed by atoms with Crippen molar-refractivity contribution in [2.75, 3.05) is 24.3 Å². The first-order valence-electron chi connectivity index (χ1n) is 8.11. The second kappa shape index (κ2) is 7.03. The first-order valence-corrected chi connectivity index (χ1v) is 8.11. The maximum absolute atomic E-state index is 12.5. The lowest BCUT2D eigenvalue weighted by atomic mass is 9.87. The largest absolute Gasteiger partial charge is 0.506 e. The van der Waals surface area contributed by atoms with E-state index in [-0.39, 0.29) is 28.1 Å². The van der Waals surface area contributed by atoms with E-state index < -0.39 is 10.8 Å². The Bertz CT molecular complexity index is 854. The zero-order valence-electron chi connectivity index (χ0n) is 15.5. The van der Waals surface area contributed by atoms with Crippen molar-refractivity contribution in [2.24, 2.45) is 0 Å². The van der Waals surface area contributed by atoms with Crippen LogP contribution in [0.25, 0.3) is 0 Å². The molecule has 0 atom stereocenters. The van der Waals surface area contributed by atoms with Gasteiger partial charge in [-0.1, -0.05) is 26.8 Å². The predicted octanol–water partition coefficient (Wildman–Crippen LogP) is 3.92. The summed E-state index contributed by atoms with van der Waals surface area (Å²) in [5, 5.41) is 23.9. The van der Waals surface area contributed by atoms with Crippen molar-refractivity contribution in [1.82, 2.24) is 0 Å². The van der Waals surface area contributed by atoms with Gasteiger partial charge >= 0.3 is 0 Å². The third-order valence-corrected chi connectivity index (χ3v) is 4.03. The van der Waals surface area contributed by atoms with Gasteiger partial charge in [0.05, 0.1) is 10.6 Å². The SMILES string of the molecule is CN(C)c1ccc(C(=O)Nc2cc(C(C)(C)C)ccc2O)cc1[N+](=O)[O-]. The number of carbonyl (C=O) groups is 1. The van der Waals surface area contributed by atoms with Crippen LogP contribution in [0.2, 0.25) is 0 Å². The summed E-state index contributed by atoms with van der Waals surface area (Å²) >= 11 is 0. The molecule has 2 rings (SSSR count). The second-order valence-electron chi connectivity index (χ2n) is 7.29. The third kappa shape index (κ3) is 4.11. The molecule has 0 fully saturated rings. The fourth-order valence-electron chi connectivity index (χ4n) is 2.49. The zero-order chi connectivity index (χ0) is 19.6. The Balaban J connectivity index is 2.36. The van der Waals surface area contributed by atoms with Crippen LogP contribution < -0.4 is 10.2 Å². The summed E-state index contributed by atoms with van der Waals surface area (Å²) < 4.78 is 0. The number of carbonyl (C=O) groups excluding carboxylic acids is 1. The number of phenolic OH excluding ortho intramolecular Hbond substituents is 1. The Morgan fingerprint density at radius 3 is 2.35 bits per heavy atom. The van der Waals surface area contributed by atoms with Crippen molar-refractivity contribution < 1.29 is 14.8 Å². The van der Waals surface area contributed by atoms with Gasteiger partial charge in [-0.3, -0.25) is 14.9 Å². The Morgan fingerprint density at radius 1 is 1.15 bits per heavy atom. The number of nitrogens with zero attached hydrogens (tertiary/aromatic N) is 2. The molecule has 1 amide bonds. The number of nitro groups is 1. The van der Waals surface area contributed by atoms with Crippen LogP contribution in [0.5, 0.6) is 5.75 Å². The number of nitrogens with one attached hydrogen (secondary N) is 1. The molecule has 0 bridgehead atoms. The smallest absolute Gasteiger partial charge is 0.293 e. The van der Waals surface area contributed by atoms with Gasteiger partial charge < -0.3 is 15.3 Å². The summed E-state index contributed by atoms with van der Waals surface area (Å²) in [7, 11) is 3.39. The van der Waals surface area contributed by atoms with Crippen LogP contribution in [0.15, 0.2) is 36.4 Å². The molecule has 2 aromatic carbocycles. The molecule has 0 aliphatic carbocycles. The number of hydrogen-bond donors (Lipinski definition) is 2.